The molecule has 0 spiro atoms. The Labute approximate surface area is 126 Å². The van der Waals surface area contributed by atoms with Crippen molar-refractivity contribution < 1.29 is 4.79 Å². The first-order valence-corrected chi connectivity index (χ1v) is 7.87. The molecule has 0 bridgehead atoms. The van der Waals surface area contributed by atoms with E-state index in [1.165, 1.54) is 0 Å². The van der Waals surface area contributed by atoms with Gasteiger partial charge in [-0.2, -0.15) is 0 Å². The molecule has 0 aliphatic carbocycles. The molecule has 1 aromatic heterocycles. The molecular weight excluding hydrogens is 270 g/mol. The second-order valence-electron chi connectivity index (χ2n) is 7.22. The Hall–Kier alpha value is -0.940. The minimum atomic E-state index is -0.226. The van der Waals surface area contributed by atoms with Crippen molar-refractivity contribution in [2.45, 2.75) is 72.0 Å². The minimum absolute atomic E-state index is 0.0186. The van der Waals surface area contributed by atoms with E-state index in [9.17, 15) is 4.79 Å². The first-order chi connectivity index (χ1) is 8.99. The Morgan fingerprint density at radius 2 is 1.90 bits per heavy atom. The van der Waals surface area contributed by atoms with Crippen LogP contribution in [0.2, 0.25) is 0 Å². The zero-order valence-corrected chi connectivity index (χ0v) is 14.4. The summed E-state index contributed by atoms with van der Waals surface area (Å²) in [5, 5.41) is 9.30. The topological polar surface area (TPSA) is 54.0 Å². The Balaban J connectivity index is 2.51. The van der Waals surface area contributed by atoms with Gasteiger partial charge in [0.05, 0.1) is 11.7 Å². The first-order valence-electron chi connectivity index (χ1n) is 6.99. The van der Waals surface area contributed by atoms with E-state index in [0.717, 1.165) is 10.7 Å². The molecule has 1 amide bonds. The first kappa shape index (κ1) is 17.1. The molecule has 0 saturated heterocycles. The van der Waals surface area contributed by atoms with Gasteiger partial charge in [0.1, 0.15) is 5.01 Å². The summed E-state index contributed by atoms with van der Waals surface area (Å²) in [6.45, 7) is 14.9. The minimum Gasteiger partial charge on any atom is -0.350 e. The van der Waals surface area contributed by atoms with E-state index in [1.54, 1.807) is 11.3 Å². The SMILES string of the molecule is CC(NCc1nc(C(C)(C)C)cs1)C(=O)NC(C)(C)C. The van der Waals surface area contributed by atoms with E-state index in [-0.39, 0.29) is 22.9 Å². The molecule has 0 aliphatic rings. The van der Waals surface area contributed by atoms with Crippen LogP contribution in [-0.4, -0.2) is 22.5 Å². The molecule has 0 radical (unpaired) electrons. The largest absolute Gasteiger partial charge is 0.350 e. The third-order valence-electron chi connectivity index (χ3n) is 2.77. The number of thiazole rings is 1. The van der Waals surface area contributed by atoms with Gasteiger partial charge in [-0.05, 0) is 27.7 Å². The number of carbonyl (C=O) groups is 1. The summed E-state index contributed by atoms with van der Waals surface area (Å²) >= 11 is 1.64. The Morgan fingerprint density at radius 3 is 2.35 bits per heavy atom. The molecule has 114 valence electrons. The maximum atomic E-state index is 12.0. The molecule has 1 heterocycles. The Bertz CT molecular complexity index is 454. The van der Waals surface area contributed by atoms with Gasteiger partial charge in [0.25, 0.3) is 0 Å². The van der Waals surface area contributed by atoms with Gasteiger partial charge < -0.3 is 5.32 Å². The summed E-state index contributed by atoms with van der Waals surface area (Å²) in [7, 11) is 0. The van der Waals surface area contributed by atoms with Crippen molar-refractivity contribution in [3.63, 3.8) is 0 Å². The zero-order chi connectivity index (χ0) is 15.6. The molecule has 1 aromatic rings. The number of hydrogen-bond acceptors (Lipinski definition) is 4. The quantitative estimate of drug-likeness (QED) is 0.898. The molecule has 0 aliphatic heterocycles. The van der Waals surface area contributed by atoms with E-state index in [4.69, 9.17) is 0 Å². The molecule has 5 heteroatoms. The standard InChI is InChI=1S/C15H27N3OS/c1-10(13(19)18-15(5,6)7)16-8-12-17-11(9-20-12)14(2,3)4/h9-10,16H,8H2,1-7H3,(H,18,19). The molecule has 0 saturated carbocycles. The van der Waals surface area contributed by atoms with Gasteiger partial charge in [0.2, 0.25) is 5.91 Å². The lowest BCUT2D eigenvalue weighted by Crippen LogP contribution is -2.49. The summed E-state index contributed by atoms with van der Waals surface area (Å²) in [4.78, 5) is 16.6. The second-order valence-corrected chi connectivity index (χ2v) is 8.16. The van der Waals surface area contributed by atoms with Crippen LogP contribution in [-0.2, 0) is 16.8 Å². The molecule has 0 aromatic carbocycles. The third-order valence-corrected chi connectivity index (χ3v) is 3.62. The van der Waals surface area contributed by atoms with Crippen LogP contribution in [0.15, 0.2) is 5.38 Å². The average molecular weight is 297 g/mol. The number of rotatable bonds is 4. The molecule has 1 atom stereocenters. The lowest BCUT2D eigenvalue weighted by Gasteiger charge is -2.23. The molecule has 4 nitrogen and oxygen atoms in total. The highest BCUT2D eigenvalue weighted by Gasteiger charge is 2.20. The van der Waals surface area contributed by atoms with E-state index < -0.39 is 0 Å². The lowest BCUT2D eigenvalue weighted by atomic mass is 9.93. The summed E-state index contributed by atoms with van der Waals surface area (Å²) in [5.41, 5.74) is 0.975. The summed E-state index contributed by atoms with van der Waals surface area (Å²) in [6.07, 6.45) is 0. The van der Waals surface area contributed by atoms with E-state index >= 15 is 0 Å². The fraction of sp³-hybridized carbons (Fsp3) is 0.733. The number of hydrogen-bond donors (Lipinski definition) is 2. The van der Waals surface area contributed by atoms with Crippen molar-refractivity contribution in [3.05, 3.63) is 16.1 Å². The van der Waals surface area contributed by atoms with Gasteiger partial charge in [0.15, 0.2) is 0 Å². The highest BCUT2D eigenvalue weighted by molar-refractivity contribution is 7.09. The molecule has 1 unspecified atom stereocenters. The molecule has 20 heavy (non-hydrogen) atoms. The normalized spacial score (nSPS) is 14.2. The number of nitrogens with zero attached hydrogens (tertiary/aromatic N) is 1. The van der Waals surface area contributed by atoms with Crippen LogP contribution < -0.4 is 10.6 Å². The molecular formula is C15H27N3OS. The van der Waals surface area contributed by atoms with Gasteiger partial charge in [-0.3, -0.25) is 10.1 Å². The maximum absolute atomic E-state index is 12.0. The van der Waals surface area contributed by atoms with Crippen LogP contribution in [0.5, 0.6) is 0 Å². The van der Waals surface area contributed by atoms with Crippen LogP contribution in [0.1, 0.15) is 59.2 Å². The second kappa shape index (κ2) is 6.22. The Morgan fingerprint density at radius 1 is 1.30 bits per heavy atom. The average Bonchev–Trinajstić information content (AvgIpc) is 2.71. The molecule has 2 N–H and O–H groups in total. The maximum Gasteiger partial charge on any atom is 0.237 e. The van der Waals surface area contributed by atoms with E-state index in [2.05, 4.69) is 41.8 Å². The van der Waals surface area contributed by atoms with Crippen molar-refractivity contribution in [2.75, 3.05) is 0 Å². The number of aromatic nitrogens is 1. The van der Waals surface area contributed by atoms with Crippen LogP contribution in [0.3, 0.4) is 0 Å². The van der Waals surface area contributed by atoms with E-state index in [1.807, 2.05) is 27.7 Å². The zero-order valence-electron chi connectivity index (χ0n) is 13.6. The smallest absolute Gasteiger partial charge is 0.237 e. The van der Waals surface area contributed by atoms with Crippen molar-refractivity contribution >= 4 is 17.2 Å². The van der Waals surface area contributed by atoms with Crippen molar-refractivity contribution in [1.82, 2.24) is 15.6 Å². The number of nitrogens with one attached hydrogen (secondary N) is 2. The summed E-state index contributed by atoms with van der Waals surface area (Å²) in [6, 6.07) is -0.226. The third kappa shape index (κ3) is 5.59. The molecule has 0 fully saturated rings. The highest BCUT2D eigenvalue weighted by atomic mass is 32.1. The van der Waals surface area contributed by atoms with Gasteiger partial charge in [-0.15, -0.1) is 11.3 Å². The fourth-order valence-electron chi connectivity index (χ4n) is 1.55. The van der Waals surface area contributed by atoms with Gasteiger partial charge in [-0.1, -0.05) is 20.8 Å². The number of amides is 1. The fourth-order valence-corrected chi connectivity index (χ4v) is 2.52. The molecule has 1 rings (SSSR count). The predicted molar refractivity (Wildman–Crippen MR) is 85.0 cm³/mol. The Kier molecular flexibility index (Phi) is 5.33. The van der Waals surface area contributed by atoms with E-state index in [0.29, 0.717) is 6.54 Å². The summed E-state index contributed by atoms with van der Waals surface area (Å²) < 4.78 is 0. The van der Waals surface area contributed by atoms with Crippen LogP contribution in [0.25, 0.3) is 0 Å². The predicted octanol–water partition coefficient (Wildman–Crippen LogP) is 2.83. The van der Waals surface area contributed by atoms with Gasteiger partial charge in [0, 0.05) is 22.9 Å². The number of carbonyl (C=O) groups excluding carboxylic acids is 1. The van der Waals surface area contributed by atoms with Crippen LogP contribution in [0, 0.1) is 0 Å². The highest BCUT2D eigenvalue weighted by Crippen LogP contribution is 2.23. The van der Waals surface area contributed by atoms with Crippen molar-refractivity contribution in [3.8, 4) is 0 Å². The monoisotopic (exact) mass is 297 g/mol. The van der Waals surface area contributed by atoms with Crippen molar-refractivity contribution in [1.29, 1.82) is 0 Å². The van der Waals surface area contributed by atoms with Gasteiger partial charge in [-0.25, -0.2) is 4.98 Å². The van der Waals surface area contributed by atoms with Crippen LogP contribution >= 0.6 is 11.3 Å². The summed E-state index contributed by atoms with van der Waals surface area (Å²) in [5.74, 6) is 0.0186. The van der Waals surface area contributed by atoms with Gasteiger partial charge >= 0.3 is 0 Å². The van der Waals surface area contributed by atoms with Crippen LogP contribution in [0.4, 0.5) is 0 Å². The van der Waals surface area contributed by atoms with Crippen molar-refractivity contribution in [2.24, 2.45) is 0 Å². The lowest BCUT2D eigenvalue weighted by molar-refractivity contribution is -0.124.